The summed E-state index contributed by atoms with van der Waals surface area (Å²) in [6.45, 7) is 3.75. The van der Waals surface area contributed by atoms with Gasteiger partial charge in [0.1, 0.15) is 23.2 Å². The van der Waals surface area contributed by atoms with Gasteiger partial charge in [0.05, 0.1) is 5.69 Å². The van der Waals surface area contributed by atoms with E-state index in [2.05, 4.69) is 15.2 Å². The van der Waals surface area contributed by atoms with E-state index in [1.807, 2.05) is 20.2 Å². The Bertz CT molecular complexity index is 787. The molecule has 0 radical (unpaired) electrons. The largest absolute Gasteiger partial charge is 0.275 e. The van der Waals surface area contributed by atoms with Gasteiger partial charge in [0, 0.05) is 25.2 Å². The minimum Gasteiger partial charge on any atom is -0.275 e. The Morgan fingerprint density at radius 3 is 2.57 bits per heavy atom. The molecule has 0 aliphatic carbocycles. The summed E-state index contributed by atoms with van der Waals surface area (Å²) in [4.78, 5) is 4.42. The second-order valence-electron chi connectivity index (χ2n) is 5.03. The first-order valence-corrected chi connectivity index (χ1v) is 6.71. The van der Waals surface area contributed by atoms with Crippen LogP contribution in [0.4, 0.5) is 4.39 Å². The van der Waals surface area contributed by atoms with E-state index >= 15 is 0 Å². The first-order valence-electron chi connectivity index (χ1n) is 6.71. The lowest BCUT2D eigenvalue weighted by Crippen LogP contribution is -2.06. The second kappa shape index (κ2) is 5.12. The molecule has 0 fully saturated rings. The van der Waals surface area contributed by atoms with Crippen molar-refractivity contribution in [3.8, 4) is 5.69 Å². The van der Waals surface area contributed by atoms with E-state index in [1.54, 1.807) is 34.5 Å². The monoisotopic (exact) mass is 285 g/mol. The van der Waals surface area contributed by atoms with E-state index in [4.69, 9.17) is 0 Å². The molecule has 108 valence electrons. The van der Waals surface area contributed by atoms with Gasteiger partial charge in [-0.05, 0) is 26.0 Å². The zero-order chi connectivity index (χ0) is 15.0. The summed E-state index contributed by atoms with van der Waals surface area (Å²) in [6.07, 6.45) is 2.51. The molecule has 0 saturated carbocycles. The molecule has 2 aromatic heterocycles. The van der Waals surface area contributed by atoms with Crippen LogP contribution in [-0.2, 0) is 13.5 Å². The van der Waals surface area contributed by atoms with Crippen molar-refractivity contribution in [2.75, 3.05) is 0 Å². The van der Waals surface area contributed by atoms with Crippen LogP contribution < -0.4 is 0 Å². The minimum atomic E-state index is -0.313. The number of benzene rings is 1. The molecule has 0 bridgehead atoms. The van der Waals surface area contributed by atoms with Crippen LogP contribution in [-0.4, -0.2) is 24.5 Å². The highest BCUT2D eigenvalue weighted by Crippen LogP contribution is 2.17. The van der Waals surface area contributed by atoms with Crippen molar-refractivity contribution in [2.24, 2.45) is 7.05 Å². The predicted molar refractivity (Wildman–Crippen MR) is 76.8 cm³/mol. The van der Waals surface area contributed by atoms with E-state index < -0.39 is 0 Å². The fraction of sp³-hybridized carbons (Fsp3) is 0.267. The van der Waals surface area contributed by atoms with Crippen LogP contribution in [0.3, 0.4) is 0 Å². The normalized spacial score (nSPS) is 11.0. The van der Waals surface area contributed by atoms with E-state index in [1.165, 1.54) is 6.07 Å². The van der Waals surface area contributed by atoms with Crippen LogP contribution in [0.5, 0.6) is 0 Å². The maximum atomic E-state index is 14.0. The van der Waals surface area contributed by atoms with Crippen LogP contribution in [0.25, 0.3) is 5.69 Å². The van der Waals surface area contributed by atoms with Crippen molar-refractivity contribution in [2.45, 2.75) is 20.3 Å². The number of nitrogens with zero attached hydrogens (tertiary/aromatic N) is 5. The molecule has 3 rings (SSSR count). The summed E-state index contributed by atoms with van der Waals surface area (Å²) in [6, 6.07) is 6.57. The van der Waals surface area contributed by atoms with Gasteiger partial charge >= 0.3 is 0 Å². The molecular weight excluding hydrogens is 269 g/mol. The molecule has 0 atom stereocenters. The van der Waals surface area contributed by atoms with Gasteiger partial charge in [-0.1, -0.05) is 12.1 Å². The molecule has 0 N–H and O–H groups in total. The van der Waals surface area contributed by atoms with Gasteiger partial charge in [0.25, 0.3) is 0 Å². The van der Waals surface area contributed by atoms with E-state index in [0.717, 1.165) is 11.3 Å². The third kappa shape index (κ3) is 2.56. The molecule has 0 spiro atoms. The van der Waals surface area contributed by atoms with Crippen LogP contribution in [0.15, 0.2) is 30.5 Å². The van der Waals surface area contributed by atoms with Crippen molar-refractivity contribution in [3.63, 3.8) is 0 Å². The highest BCUT2D eigenvalue weighted by molar-refractivity contribution is 5.34. The van der Waals surface area contributed by atoms with Gasteiger partial charge in [-0.3, -0.25) is 4.68 Å². The van der Waals surface area contributed by atoms with Crippen molar-refractivity contribution < 1.29 is 4.39 Å². The third-order valence-corrected chi connectivity index (χ3v) is 3.32. The maximum Gasteiger partial charge on any atom is 0.148 e. The first kappa shape index (κ1) is 13.5. The summed E-state index contributed by atoms with van der Waals surface area (Å²) < 4.78 is 17.3. The SMILES string of the molecule is Cc1nc(Cc2cn(C)nc2C)n(-c2ccccc2F)n1. The number of rotatable bonds is 3. The topological polar surface area (TPSA) is 48.5 Å². The maximum absolute atomic E-state index is 14.0. The smallest absolute Gasteiger partial charge is 0.148 e. The van der Waals surface area contributed by atoms with Crippen LogP contribution in [0.2, 0.25) is 0 Å². The van der Waals surface area contributed by atoms with E-state index in [0.29, 0.717) is 23.8 Å². The Morgan fingerprint density at radius 2 is 1.90 bits per heavy atom. The second-order valence-corrected chi connectivity index (χ2v) is 5.03. The molecule has 1 aromatic carbocycles. The summed E-state index contributed by atoms with van der Waals surface area (Å²) >= 11 is 0. The Balaban J connectivity index is 2.04. The summed E-state index contributed by atoms with van der Waals surface area (Å²) in [5.74, 6) is 1.01. The number of para-hydroxylation sites is 1. The van der Waals surface area contributed by atoms with Crippen molar-refractivity contribution >= 4 is 0 Å². The van der Waals surface area contributed by atoms with Gasteiger partial charge < -0.3 is 0 Å². The Kier molecular flexibility index (Phi) is 3.29. The summed E-state index contributed by atoms with van der Waals surface area (Å²) in [5.41, 5.74) is 2.41. The molecule has 3 aromatic rings. The quantitative estimate of drug-likeness (QED) is 0.742. The predicted octanol–water partition coefficient (Wildman–Crippen LogP) is 2.35. The van der Waals surface area contributed by atoms with Crippen LogP contribution in [0, 0.1) is 19.7 Å². The molecule has 0 amide bonds. The van der Waals surface area contributed by atoms with Crippen molar-refractivity contribution in [1.82, 2.24) is 24.5 Å². The van der Waals surface area contributed by atoms with Crippen molar-refractivity contribution in [1.29, 1.82) is 0 Å². The molecule has 0 saturated heterocycles. The zero-order valence-electron chi connectivity index (χ0n) is 12.2. The Hall–Kier alpha value is -2.50. The van der Waals surface area contributed by atoms with E-state index in [9.17, 15) is 4.39 Å². The highest BCUT2D eigenvalue weighted by Gasteiger charge is 2.15. The van der Waals surface area contributed by atoms with Gasteiger partial charge in [0.15, 0.2) is 0 Å². The lowest BCUT2D eigenvalue weighted by Gasteiger charge is -2.06. The molecule has 0 aliphatic heterocycles. The van der Waals surface area contributed by atoms with Gasteiger partial charge in [-0.2, -0.15) is 10.2 Å². The number of halogens is 1. The standard InChI is InChI=1S/C15H16FN5/c1-10-12(9-20(3)18-10)8-15-17-11(2)19-21(15)14-7-5-4-6-13(14)16/h4-7,9H,8H2,1-3H3. The average Bonchev–Trinajstić information content (AvgIpc) is 2.93. The van der Waals surface area contributed by atoms with Crippen LogP contribution in [0.1, 0.15) is 22.9 Å². The molecule has 2 heterocycles. The lowest BCUT2D eigenvalue weighted by atomic mass is 10.2. The summed E-state index contributed by atoms with van der Waals surface area (Å²) in [7, 11) is 1.88. The highest BCUT2D eigenvalue weighted by atomic mass is 19.1. The number of hydrogen-bond acceptors (Lipinski definition) is 3. The Morgan fingerprint density at radius 1 is 1.14 bits per heavy atom. The number of aromatic nitrogens is 5. The molecule has 21 heavy (non-hydrogen) atoms. The van der Waals surface area contributed by atoms with E-state index in [-0.39, 0.29) is 5.82 Å². The number of aryl methyl sites for hydroxylation is 3. The van der Waals surface area contributed by atoms with Gasteiger partial charge in [-0.15, -0.1) is 0 Å². The first-order chi connectivity index (χ1) is 10.0. The summed E-state index contributed by atoms with van der Waals surface area (Å²) in [5, 5.41) is 8.63. The lowest BCUT2D eigenvalue weighted by molar-refractivity contribution is 0.606. The van der Waals surface area contributed by atoms with Gasteiger partial charge in [-0.25, -0.2) is 14.1 Å². The average molecular weight is 285 g/mol. The molecular formula is C15H16FN5. The molecule has 5 nitrogen and oxygen atoms in total. The fourth-order valence-corrected chi connectivity index (χ4v) is 2.38. The van der Waals surface area contributed by atoms with Gasteiger partial charge in [0.2, 0.25) is 0 Å². The fourth-order valence-electron chi connectivity index (χ4n) is 2.38. The third-order valence-electron chi connectivity index (χ3n) is 3.32. The van der Waals surface area contributed by atoms with Crippen molar-refractivity contribution in [3.05, 3.63) is 59.2 Å². The molecule has 6 heteroatoms. The number of hydrogen-bond donors (Lipinski definition) is 0. The molecule has 0 aliphatic rings. The zero-order valence-corrected chi connectivity index (χ0v) is 12.2. The molecule has 0 unspecified atom stereocenters. The minimum absolute atomic E-state index is 0.313. The Labute approximate surface area is 122 Å². The van der Waals surface area contributed by atoms with Crippen LogP contribution >= 0.6 is 0 Å².